The van der Waals surface area contributed by atoms with Crippen LogP contribution in [0.2, 0.25) is 0 Å². The van der Waals surface area contributed by atoms with Gasteiger partial charge in [0.05, 0.1) is 13.7 Å². The Morgan fingerprint density at radius 2 is 1.88 bits per heavy atom. The van der Waals surface area contributed by atoms with Crippen molar-refractivity contribution in [2.75, 3.05) is 26.8 Å². The molecule has 0 amide bonds. The van der Waals surface area contributed by atoms with Gasteiger partial charge in [0.15, 0.2) is 0 Å². The zero-order chi connectivity index (χ0) is 23.1. The van der Waals surface area contributed by atoms with Crippen molar-refractivity contribution < 1.29 is 14.3 Å². The average molecular weight is 460 g/mol. The van der Waals surface area contributed by atoms with E-state index < -0.39 is 0 Å². The SMILES string of the molecule is COc1ccc(OCCCc2ccccc2)c2c1[C@]13CCN(CC4CC4)[C@H](C2)[C@@H]1CCC(=O)C3. The molecule has 0 aromatic heterocycles. The Kier molecular flexibility index (Phi) is 5.89. The highest BCUT2D eigenvalue weighted by Crippen LogP contribution is 2.59. The molecule has 4 nitrogen and oxygen atoms in total. The molecule has 34 heavy (non-hydrogen) atoms. The van der Waals surface area contributed by atoms with Crippen molar-refractivity contribution in [1.82, 2.24) is 4.90 Å². The molecule has 3 atom stereocenters. The standard InChI is InChI=1S/C30H37NO3/c1-33-28-14-13-27(34-17-5-8-21-6-3-2-4-7-21)24-18-26-25-12-11-23(32)19-30(25,29(24)28)15-16-31(26)20-22-9-10-22/h2-4,6-7,13-14,22,25-26H,5,8-12,15-20H2,1H3/t25-,26+,30-/m0/s1. The maximum atomic E-state index is 12.8. The van der Waals surface area contributed by atoms with Crippen molar-refractivity contribution in [3.05, 3.63) is 59.2 Å². The van der Waals surface area contributed by atoms with Gasteiger partial charge in [0.25, 0.3) is 0 Å². The van der Waals surface area contributed by atoms with Crippen LogP contribution in [-0.2, 0) is 23.1 Å². The van der Waals surface area contributed by atoms with Crippen LogP contribution in [0.25, 0.3) is 0 Å². The number of hydrogen-bond acceptors (Lipinski definition) is 4. The molecule has 2 bridgehead atoms. The fraction of sp³-hybridized carbons (Fsp3) is 0.567. The summed E-state index contributed by atoms with van der Waals surface area (Å²) in [6, 6.07) is 15.4. The molecule has 0 N–H and O–H groups in total. The van der Waals surface area contributed by atoms with Crippen molar-refractivity contribution >= 4 is 5.78 Å². The van der Waals surface area contributed by atoms with Gasteiger partial charge in [-0.1, -0.05) is 30.3 Å². The van der Waals surface area contributed by atoms with Crippen molar-refractivity contribution in [1.29, 1.82) is 0 Å². The molecule has 2 aromatic carbocycles. The largest absolute Gasteiger partial charge is 0.496 e. The molecule has 6 rings (SSSR count). The van der Waals surface area contributed by atoms with Crippen LogP contribution in [0.15, 0.2) is 42.5 Å². The molecular weight excluding hydrogens is 422 g/mol. The zero-order valence-corrected chi connectivity index (χ0v) is 20.4. The summed E-state index contributed by atoms with van der Waals surface area (Å²) < 4.78 is 12.4. The first-order chi connectivity index (χ1) is 16.7. The number of carbonyl (C=O) groups is 1. The van der Waals surface area contributed by atoms with Crippen LogP contribution in [0.5, 0.6) is 11.5 Å². The summed E-state index contributed by atoms with van der Waals surface area (Å²) in [4.78, 5) is 15.6. The number of ether oxygens (including phenoxy) is 2. The summed E-state index contributed by atoms with van der Waals surface area (Å²) in [5, 5.41) is 0. The van der Waals surface area contributed by atoms with Gasteiger partial charge in [-0.05, 0) is 81.0 Å². The van der Waals surface area contributed by atoms with Crippen LogP contribution >= 0.6 is 0 Å². The van der Waals surface area contributed by atoms with Crippen LogP contribution in [0.4, 0.5) is 0 Å². The molecule has 0 radical (unpaired) electrons. The maximum Gasteiger partial charge on any atom is 0.133 e. The first-order valence-electron chi connectivity index (χ1n) is 13.3. The molecule has 2 saturated carbocycles. The van der Waals surface area contributed by atoms with Gasteiger partial charge in [-0.2, -0.15) is 0 Å². The highest BCUT2D eigenvalue weighted by atomic mass is 16.5. The summed E-state index contributed by atoms with van der Waals surface area (Å²) in [5.74, 6) is 3.83. The first-order valence-corrected chi connectivity index (χ1v) is 13.3. The van der Waals surface area contributed by atoms with E-state index >= 15 is 0 Å². The predicted octanol–water partition coefficient (Wildman–Crippen LogP) is 5.35. The molecule has 1 saturated heterocycles. The number of ketones is 1. The van der Waals surface area contributed by atoms with Gasteiger partial charge in [-0.25, -0.2) is 0 Å². The second kappa shape index (κ2) is 9.03. The van der Waals surface area contributed by atoms with Gasteiger partial charge < -0.3 is 9.47 Å². The molecule has 0 spiro atoms. The van der Waals surface area contributed by atoms with Gasteiger partial charge in [0, 0.05) is 42.0 Å². The molecule has 0 unspecified atom stereocenters. The Morgan fingerprint density at radius 3 is 2.68 bits per heavy atom. The lowest BCUT2D eigenvalue weighted by Crippen LogP contribution is -2.62. The van der Waals surface area contributed by atoms with Crippen molar-refractivity contribution in [3.63, 3.8) is 0 Å². The second-order valence-electron chi connectivity index (χ2n) is 11.0. The highest BCUT2D eigenvalue weighted by molar-refractivity contribution is 5.82. The third-order valence-corrected chi connectivity index (χ3v) is 9.00. The van der Waals surface area contributed by atoms with Gasteiger partial charge in [0.1, 0.15) is 17.3 Å². The number of piperidine rings is 1. The van der Waals surface area contributed by atoms with E-state index in [1.165, 1.54) is 36.1 Å². The zero-order valence-electron chi connectivity index (χ0n) is 20.4. The van der Waals surface area contributed by atoms with Crippen molar-refractivity contribution in [2.45, 2.75) is 69.2 Å². The van der Waals surface area contributed by atoms with Crippen LogP contribution in [0, 0.1) is 11.8 Å². The molecule has 180 valence electrons. The lowest BCUT2D eigenvalue weighted by atomic mass is 9.52. The minimum Gasteiger partial charge on any atom is -0.496 e. The number of hydrogen-bond donors (Lipinski definition) is 0. The molecule has 2 aromatic rings. The van der Waals surface area contributed by atoms with E-state index in [1.807, 2.05) is 0 Å². The van der Waals surface area contributed by atoms with E-state index in [-0.39, 0.29) is 5.41 Å². The molecule has 3 fully saturated rings. The summed E-state index contributed by atoms with van der Waals surface area (Å²) in [6.45, 7) is 3.05. The van der Waals surface area contributed by atoms with Gasteiger partial charge in [-0.15, -0.1) is 0 Å². The normalized spacial score (nSPS) is 28.2. The molecule has 3 aliphatic carbocycles. The number of fused-ring (bicyclic) bond motifs is 1. The molecule has 1 heterocycles. The molecule has 4 aliphatic rings. The van der Waals surface area contributed by atoms with Gasteiger partial charge in [-0.3, -0.25) is 9.69 Å². The predicted molar refractivity (Wildman–Crippen MR) is 134 cm³/mol. The maximum absolute atomic E-state index is 12.8. The number of benzene rings is 2. The highest BCUT2D eigenvalue weighted by Gasteiger charge is 2.57. The average Bonchev–Trinajstić information content (AvgIpc) is 3.68. The Hall–Kier alpha value is -2.33. The van der Waals surface area contributed by atoms with Crippen LogP contribution < -0.4 is 9.47 Å². The lowest BCUT2D eigenvalue weighted by Gasteiger charge is -2.59. The minimum atomic E-state index is -0.0810. The Bertz CT molecular complexity index is 1050. The number of rotatable bonds is 8. The van der Waals surface area contributed by atoms with E-state index in [2.05, 4.69) is 47.4 Å². The fourth-order valence-electron chi connectivity index (χ4n) is 7.26. The van der Waals surface area contributed by atoms with Gasteiger partial charge in [0.2, 0.25) is 0 Å². The monoisotopic (exact) mass is 459 g/mol. The Labute approximate surface area is 203 Å². The first kappa shape index (κ1) is 22.2. The Balaban J connectivity index is 1.31. The minimum absolute atomic E-state index is 0.0810. The van der Waals surface area contributed by atoms with Crippen molar-refractivity contribution in [3.8, 4) is 11.5 Å². The van der Waals surface area contributed by atoms with E-state index in [4.69, 9.17) is 9.47 Å². The third-order valence-electron chi connectivity index (χ3n) is 9.00. The number of methoxy groups -OCH3 is 1. The number of Topliss-reactive ketones (excluding diaryl/α,β-unsaturated/α-hetero) is 1. The van der Waals surface area contributed by atoms with E-state index in [1.54, 1.807) is 7.11 Å². The third kappa shape index (κ3) is 3.94. The Morgan fingerprint density at radius 1 is 1.06 bits per heavy atom. The van der Waals surface area contributed by atoms with E-state index in [0.717, 1.165) is 62.5 Å². The summed E-state index contributed by atoms with van der Waals surface area (Å²) in [7, 11) is 1.78. The molecular formula is C30H37NO3. The summed E-state index contributed by atoms with van der Waals surface area (Å²) in [6.07, 6.45) is 9.32. The molecule has 1 aliphatic heterocycles. The second-order valence-corrected chi connectivity index (χ2v) is 11.0. The fourth-order valence-corrected chi connectivity index (χ4v) is 7.26. The quantitative estimate of drug-likeness (QED) is 0.499. The summed E-state index contributed by atoms with van der Waals surface area (Å²) in [5.41, 5.74) is 3.89. The van der Waals surface area contributed by atoms with E-state index in [9.17, 15) is 4.79 Å². The lowest BCUT2D eigenvalue weighted by molar-refractivity contribution is -0.127. The van der Waals surface area contributed by atoms with E-state index in [0.29, 0.717) is 30.8 Å². The number of aryl methyl sites for hydroxylation is 1. The van der Waals surface area contributed by atoms with Crippen LogP contribution in [0.3, 0.4) is 0 Å². The summed E-state index contributed by atoms with van der Waals surface area (Å²) >= 11 is 0. The number of carbonyl (C=O) groups excluding carboxylic acids is 1. The molecule has 4 heteroatoms. The van der Waals surface area contributed by atoms with Crippen molar-refractivity contribution in [2.24, 2.45) is 11.8 Å². The number of nitrogens with zero attached hydrogens (tertiary/aromatic N) is 1. The number of likely N-dealkylation sites (tertiary alicyclic amines) is 1. The van der Waals surface area contributed by atoms with Crippen LogP contribution in [0.1, 0.15) is 61.6 Å². The smallest absolute Gasteiger partial charge is 0.133 e. The van der Waals surface area contributed by atoms with Gasteiger partial charge >= 0.3 is 0 Å². The topological polar surface area (TPSA) is 38.8 Å². The van der Waals surface area contributed by atoms with Crippen LogP contribution in [-0.4, -0.2) is 43.5 Å².